The maximum absolute atomic E-state index is 2.46. The summed E-state index contributed by atoms with van der Waals surface area (Å²) in [5, 5.41) is 0. The number of hydrogen-bond donors (Lipinski definition) is 0. The van der Waals surface area contributed by atoms with Crippen molar-refractivity contribution in [1.82, 2.24) is 4.90 Å². The van der Waals surface area contributed by atoms with E-state index in [1.165, 1.54) is 37.4 Å². The van der Waals surface area contributed by atoms with E-state index in [9.17, 15) is 0 Å². The molecule has 2 heterocycles. The molecule has 2 aliphatic rings. The lowest BCUT2D eigenvalue weighted by Gasteiger charge is -2.31. The third-order valence-corrected chi connectivity index (χ3v) is 5.82. The average Bonchev–Trinajstić information content (AvgIpc) is 2.52. The molecule has 2 fully saturated rings. The molecular weight excluding hydrogens is 198 g/mol. The molecule has 2 rings (SSSR count). The van der Waals surface area contributed by atoms with Gasteiger partial charge in [0.1, 0.15) is 0 Å². The van der Waals surface area contributed by atoms with Crippen LogP contribution in [-0.4, -0.2) is 40.6 Å². The van der Waals surface area contributed by atoms with E-state index >= 15 is 0 Å². The number of nitrogens with zero attached hydrogens (tertiary/aromatic N) is 1. The largest absolute Gasteiger partial charge is 0.304 e. The summed E-state index contributed by atoms with van der Waals surface area (Å²) in [5.74, 6) is 2.78. The highest BCUT2D eigenvalue weighted by molar-refractivity contribution is 8.18. The molecule has 13 heavy (non-hydrogen) atoms. The third kappa shape index (κ3) is 3.07. The number of likely N-dealkylation sites (tertiary alicyclic amines) is 1. The Morgan fingerprint density at radius 3 is 2.23 bits per heavy atom. The molecule has 0 N–H and O–H groups in total. The van der Waals surface area contributed by atoms with Crippen LogP contribution < -0.4 is 0 Å². The first-order valence-corrected chi connectivity index (χ1v) is 7.24. The molecule has 0 radical (unpaired) electrons. The Hall–Kier alpha value is 0.660. The summed E-state index contributed by atoms with van der Waals surface area (Å²) in [6, 6.07) is 0. The van der Waals surface area contributed by atoms with E-state index in [0.717, 1.165) is 0 Å². The molecule has 0 aromatic rings. The number of rotatable bonds is 0. The predicted octanol–water partition coefficient (Wildman–Crippen LogP) is 2.91. The van der Waals surface area contributed by atoms with Gasteiger partial charge >= 0.3 is 0 Å². The smallest absolute Gasteiger partial charge is 0.0749 e. The molecule has 0 unspecified atom stereocenters. The van der Waals surface area contributed by atoms with Crippen LogP contribution in [0.1, 0.15) is 26.7 Å². The van der Waals surface area contributed by atoms with Gasteiger partial charge in [-0.1, -0.05) is 13.8 Å². The van der Waals surface area contributed by atoms with E-state index in [0.29, 0.717) is 4.08 Å². The van der Waals surface area contributed by atoms with Crippen molar-refractivity contribution < 1.29 is 0 Å². The van der Waals surface area contributed by atoms with Gasteiger partial charge in [0.05, 0.1) is 4.08 Å². The number of hydrogen-bond acceptors (Lipinski definition) is 3. The molecule has 0 atom stereocenters. The van der Waals surface area contributed by atoms with Crippen LogP contribution in [-0.2, 0) is 0 Å². The predicted molar refractivity (Wildman–Crippen MR) is 65.7 cm³/mol. The van der Waals surface area contributed by atoms with Gasteiger partial charge in [0.15, 0.2) is 0 Å². The fourth-order valence-corrected chi connectivity index (χ4v) is 5.22. The zero-order valence-electron chi connectivity index (χ0n) is 9.01. The molecule has 0 saturated carbocycles. The second-order valence-electron chi connectivity index (χ2n) is 3.45. The van der Waals surface area contributed by atoms with Gasteiger partial charge in [-0.25, -0.2) is 0 Å². The Morgan fingerprint density at radius 1 is 1.15 bits per heavy atom. The van der Waals surface area contributed by atoms with Gasteiger partial charge in [-0.05, 0) is 31.4 Å². The van der Waals surface area contributed by atoms with Gasteiger partial charge in [0, 0.05) is 13.1 Å². The van der Waals surface area contributed by atoms with Crippen LogP contribution in [0.3, 0.4) is 0 Å². The molecule has 2 saturated heterocycles. The van der Waals surface area contributed by atoms with Crippen molar-refractivity contribution in [1.29, 1.82) is 0 Å². The van der Waals surface area contributed by atoms with E-state index in [4.69, 9.17) is 0 Å². The molecule has 0 aliphatic carbocycles. The Kier molecular flexibility index (Phi) is 4.98. The van der Waals surface area contributed by atoms with Crippen molar-refractivity contribution in [2.45, 2.75) is 30.8 Å². The van der Waals surface area contributed by atoms with Gasteiger partial charge in [-0.3, -0.25) is 0 Å². The highest BCUT2D eigenvalue weighted by Gasteiger charge is 2.38. The molecule has 1 spiro atoms. The zero-order chi connectivity index (χ0) is 9.73. The van der Waals surface area contributed by atoms with E-state index in [-0.39, 0.29) is 0 Å². The van der Waals surface area contributed by atoms with E-state index in [1.54, 1.807) is 0 Å². The first-order valence-electron chi connectivity index (χ1n) is 5.27. The molecule has 0 aromatic heterocycles. The van der Waals surface area contributed by atoms with Gasteiger partial charge in [-0.15, -0.1) is 23.5 Å². The maximum atomic E-state index is 2.46. The normalized spacial score (nSPS) is 27.0. The second-order valence-corrected chi connectivity index (χ2v) is 6.66. The Morgan fingerprint density at radius 2 is 1.77 bits per heavy atom. The van der Waals surface area contributed by atoms with Crippen LogP contribution in [0.5, 0.6) is 0 Å². The van der Waals surface area contributed by atoms with Crippen molar-refractivity contribution in [3.63, 3.8) is 0 Å². The lowest BCUT2D eigenvalue weighted by atomic mass is 10.4. The lowest BCUT2D eigenvalue weighted by molar-refractivity contribution is 0.416. The lowest BCUT2D eigenvalue weighted by Crippen LogP contribution is -2.28. The van der Waals surface area contributed by atoms with Crippen LogP contribution in [0.4, 0.5) is 0 Å². The maximum Gasteiger partial charge on any atom is 0.0749 e. The molecule has 0 aromatic carbocycles. The fourth-order valence-electron chi connectivity index (χ4n) is 1.78. The minimum absolute atomic E-state index is 0.604. The van der Waals surface area contributed by atoms with Crippen LogP contribution in [0.2, 0.25) is 0 Å². The SMILES string of the molecule is CC.CN1CCC2(C1)SCCCS2. The average molecular weight is 219 g/mol. The summed E-state index contributed by atoms with van der Waals surface area (Å²) in [4.78, 5) is 2.46. The van der Waals surface area contributed by atoms with Crippen LogP contribution in [0.25, 0.3) is 0 Å². The van der Waals surface area contributed by atoms with Crippen molar-refractivity contribution in [3.8, 4) is 0 Å². The molecular formula is C10H21NS2. The van der Waals surface area contributed by atoms with Crippen LogP contribution in [0, 0.1) is 0 Å². The molecule has 0 bridgehead atoms. The Bertz CT molecular complexity index is 138. The first-order chi connectivity index (χ1) is 6.31. The van der Waals surface area contributed by atoms with Crippen LogP contribution >= 0.6 is 23.5 Å². The van der Waals surface area contributed by atoms with Crippen molar-refractivity contribution in [3.05, 3.63) is 0 Å². The number of thioether (sulfide) groups is 2. The molecule has 3 heteroatoms. The van der Waals surface area contributed by atoms with Gasteiger partial charge in [0.25, 0.3) is 0 Å². The summed E-state index contributed by atoms with van der Waals surface area (Å²) < 4.78 is 0.604. The highest BCUT2D eigenvalue weighted by atomic mass is 32.2. The standard InChI is InChI=1S/C8H15NS2.C2H6/c1-9-4-3-8(7-9)10-5-2-6-11-8;1-2/h2-7H2,1H3;1-2H3. The summed E-state index contributed by atoms with van der Waals surface area (Å²) in [6.45, 7) is 6.61. The summed E-state index contributed by atoms with van der Waals surface area (Å²) in [6.07, 6.45) is 2.82. The van der Waals surface area contributed by atoms with Gasteiger partial charge < -0.3 is 4.90 Å². The topological polar surface area (TPSA) is 3.24 Å². The zero-order valence-corrected chi connectivity index (χ0v) is 10.6. The summed E-state index contributed by atoms with van der Waals surface area (Å²) in [7, 11) is 2.24. The van der Waals surface area contributed by atoms with E-state index in [1.807, 2.05) is 13.8 Å². The molecule has 2 aliphatic heterocycles. The fraction of sp³-hybridized carbons (Fsp3) is 1.00. The minimum Gasteiger partial charge on any atom is -0.304 e. The minimum atomic E-state index is 0.604. The molecule has 0 amide bonds. The van der Waals surface area contributed by atoms with Gasteiger partial charge in [-0.2, -0.15) is 0 Å². The van der Waals surface area contributed by atoms with Gasteiger partial charge in [0.2, 0.25) is 0 Å². The quantitative estimate of drug-likeness (QED) is 0.617. The Labute approximate surface area is 91.0 Å². The van der Waals surface area contributed by atoms with Crippen molar-refractivity contribution in [2.24, 2.45) is 0 Å². The van der Waals surface area contributed by atoms with Crippen molar-refractivity contribution >= 4 is 23.5 Å². The molecule has 78 valence electrons. The van der Waals surface area contributed by atoms with E-state index < -0.39 is 0 Å². The van der Waals surface area contributed by atoms with E-state index in [2.05, 4.69) is 35.5 Å². The third-order valence-electron chi connectivity index (χ3n) is 2.40. The monoisotopic (exact) mass is 219 g/mol. The van der Waals surface area contributed by atoms with Crippen LogP contribution in [0.15, 0.2) is 0 Å². The highest BCUT2D eigenvalue weighted by Crippen LogP contribution is 2.47. The second kappa shape index (κ2) is 5.52. The summed E-state index contributed by atoms with van der Waals surface area (Å²) in [5.41, 5.74) is 0. The first kappa shape index (κ1) is 11.7. The van der Waals surface area contributed by atoms with Crippen molar-refractivity contribution in [2.75, 3.05) is 31.6 Å². The Balaban J connectivity index is 0.000000396. The molecule has 1 nitrogen and oxygen atoms in total. The summed E-state index contributed by atoms with van der Waals surface area (Å²) >= 11 is 4.40.